The van der Waals surface area contributed by atoms with Crippen molar-refractivity contribution in [1.29, 1.82) is 4.78 Å². The molecule has 0 amide bonds. The number of carboxylic acid groups (broad SMARTS) is 1. The molecule has 0 rings (SSSR count). The highest BCUT2D eigenvalue weighted by Crippen LogP contribution is 2.02. The first-order valence-corrected chi connectivity index (χ1v) is 6.51. The van der Waals surface area contributed by atoms with E-state index in [-0.39, 0.29) is 24.6 Å². The van der Waals surface area contributed by atoms with E-state index < -0.39 is 21.7 Å². The van der Waals surface area contributed by atoms with Crippen molar-refractivity contribution in [2.75, 3.05) is 11.5 Å². The molecule has 0 fully saturated rings. The lowest BCUT2D eigenvalue weighted by atomic mass is 10.2. The molecule has 0 heterocycles. The van der Waals surface area contributed by atoms with E-state index in [2.05, 4.69) is 0 Å². The highest BCUT2D eigenvalue weighted by Gasteiger charge is 2.14. The number of rotatable bonds is 7. The Hall–Kier alpha value is -0.330. The standard InChI is InChI=1S/C8H18N2O3S.ClH/c1-2-3-5-14(10,13)6-4-7(9)8(11)12;/h7,10H,2-6,9H2,1H3,(H,11,12);1H. The van der Waals surface area contributed by atoms with E-state index in [1.807, 2.05) is 6.92 Å². The van der Waals surface area contributed by atoms with Crippen molar-refractivity contribution in [2.24, 2.45) is 5.73 Å². The molecule has 92 valence electrons. The lowest BCUT2D eigenvalue weighted by Gasteiger charge is -2.08. The lowest BCUT2D eigenvalue weighted by molar-refractivity contribution is -0.138. The van der Waals surface area contributed by atoms with E-state index in [1.54, 1.807) is 0 Å². The second-order valence-corrected chi connectivity index (χ2v) is 5.75. The van der Waals surface area contributed by atoms with Crippen molar-refractivity contribution in [3.63, 3.8) is 0 Å². The van der Waals surface area contributed by atoms with Crippen molar-refractivity contribution in [3.05, 3.63) is 0 Å². The number of nitrogens with two attached hydrogens (primary N) is 1. The molecule has 15 heavy (non-hydrogen) atoms. The molecule has 2 unspecified atom stereocenters. The molecule has 0 radical (unpaired) electrons. The minimum absolute atomic E-state index is 0. The quantitative estimate of drug-likeness (QED) is 0.635. The fourth-order valence-corrected chi connectivity index (χ4v) is 2.51. The summed E-state index contributed by atoms with van der Waals surface area (Å²) in [4.78, 5) is 10.4. The van der Waals surface area contributed by atoms with Crippen LogP contribution < -0.4 is 5.73 Å². The first kappa shape index (κ1) is 17.1. The minimum Gasteiger partial charge on any atom is -0.480 e. The number of nitrogens with one attached hydrogen (secondary N) is 1. The SMILES string of the molecule is CCCCS(=N)(=O)CCC(N)C(=O)O.Cl. The van der Waals surface area contributed by atoms with Crippen LogP contribution >= 0.6 is 12.4 Å². The fraction of sp³-hybridized carbons (Fsp3) is 0.875. The number of hydrogen-bond donors (Lipinski definition) is 3. The van der Waals surface area contributed by atoms with Crippen LogP contribution in [-0.2, 0) is 14.5 Å². The summed E-state index contributed by atoms with van der Waals surface area (Å²) >= 11 is 0. The van der Waals surface area contributed by atoms with Gasteiger partial charge < -0.3 is 10.8 Å². The van der Waals surface area contributed by atoms with Crippen LogP contribution in [0.3, 0.4) is 0 Å². The maximum Gasteiger partial charge on any atom is 0.320 e. The van der Waals surface area contributed by atoms with Crippen LogP contribution in [0.25, 0.3) is 0 Å². The number of halogens is 1. The van der Waals surface area contributed by atoms with Gasteiger partial charge in [0.15, 0.2) is 0 Å². The number of unbranched alkanes of at least 4 members (excludes halogenated alkanes) is 1. The molecular formula is C8H19ClN2O3S. The molecule has 0 aromatic heterocycles. The van der Waals surface area contributed by atoms with Crippen molar-refractivity contribution in [3.8, 4) is 0 Å². The molecule has 0 bridgehead atoms. The number of hydrogen-bond acceptors (Lipinski definition) is 4. The van der Waals surface area contributed by atoms with Gasteiger partial charge in [0.2, 0.25) is 0 Å². The van der Waals surface area contributed by atoms with Crippen molar-refractivity contribution in [2.45, 2.75) is 32.2 Å². The van der Waals surface area contributed by atoms with Crippen molar-refractivity contribution in [1.82, 2.24) is 0 Å². The van der Waals surface area contributed by atoms with E-state index >= 15 is 0 Å². The molecule has 0 aliphatic heterocycles. The summed E-state index contributed by atoms with van der Waals surface area (Å²) in [6, 6.07) is -0.997. The first-order chi connectivity index (χ1) is 6.39. The summed E-state index contributed by atoms with van der Waals surface area (Å²) < 4.78 is 18.9. The number of carbonyl (C=O) groups is 1. The van der Waals surface area contributed by atoms with Gasteiger partial charge in [-0.1, -0.05) is 13.3 Å². The van der Waals surface area contributed by atoms with E-state index in [0.717, 1.165) is 12.8 Å². The van der Waals surface area contributed by atoms with Gasteiger partial charge in [-0.15, -0.1) is 12.4 Å². The Morgan fingerprint density at radius 1 is 1.53 bits per heavy atom. The molecular weight excluding hydrogens is 240 g/mol. The second kappa shape index (κ2) is 7.90. The Kier molecular flexibility index (Phi) is 8.99. The molecule has 5 nitrogen and oxygen atoms in total. The highest BCUT2D eigenvalue weighted by molar-refractivity contribution is 7.92. The number of aliphatic carboxylic acids is 1. The van der Waals surface area contributed by atoms with Crippen LogP contribution in [0.5, 0.6) is 0 Å². The van der Waals surface area contributed by atoms with Gasteiger partial charge in [0, 0.05) is 21.2 Å². The predicted molar refractivity (Wildman–Crippen MR) is 63.0 cm³/mol. The third-order valence-corrected chi connectivity index (χ3v) is 3.75. The molecule has 4 N–H and O–H groups in total. The molecule has 0 saturated heterocycles. The normalized spacial score (nSPS) is 16.1. The highest BCUT2D eigenvalue weighted by atomic mass is 35.5. The fourth-order valence-electron chi connectivity index (χ4n) is 0.920. The van der Waals surface area contributed by atoms with Gasteiger partial charge in [-0.25, -0.2) is 4.21 Å². The third-order valence-electron chi connectivity index (χ3n) is 1.90. The van der Waals surface area contributed by atoms with Crippen LogP contribution in [0.4, 0.5) is 0 Å². The zero-order chi connectivity index (χ0) is 11.2. The maximum atomic E-state index is 11.5. The van der Waals surface area contributed by atoms with Gasteiger partial charge >= 0.3 is 5.97 Å². The predicted octanol–water partition coefficient (Wildman–Crippen LogP) is 1.06. The topological polar surface area (TPSA) is 104 Å². The number of carboxylic acids is 1. The van der Waals surface area contributed by atoms with E-state index in [4.69, 9.17) is 15.6 Å². The van der Waals surface area contributed by atoms with Crippen LogP contribution in [0, 0.1) is 4.78 Å². The van der Waals surface area contributed by atoms with Crippen molar-refractivity contribution >= 4 is 28.1 Å². The molecule has 0 aromatic carbocycles. The summed E-state index contributed by atoms with van der Waals surface area (Å²) in [7, 11) is -2.62. The smallest absolute Gasteiger partial charge is 0.320 e. The van der Waals surface area contributed by atoms with E-state index in [9.17, 15) is 9.00 Å². The molecule has 0 aromatic rings. The second-order valence-electron chi connectivity index (χ2n) is 3.31. The van der Waals surface area contributed by atoms with Crippen LogP contribution in [0.2, 0.25) is 0 Å². The average molecular weight is 259 g/mol. The molecule has 0 saturated carbocycles. The van der Waals surface area contributed by atoms with Gasteiger partial charge in [-0.2, -0.15) is 0 Å². The van der Waals surface area contributed by atoms with Gasteiger partial charge in [-0.3, -0.25) is 9.57 Å². The van der Waals surface area contributed by atoms with Gasteiger partial charge in [-0.05, 0) is 12.8 Å². The van der Waals surface area contributed by atoms with Gasteiger partial charge in [0.1, 0.15) is 6.04 Å². The Labute approximate surface area is 96.8 Å². The molecule has 0 aliphatic rings. The van der Waals surface area contributed by atoms with Crippen LogP contribution in [0.15, 0.2) is 0 Å². The largest absolute Gasteiger partial charge is 0.480 e. The summed E-state index contributed by atoms with van der Waals surface area (Å²) in [6.07, 6.45) is 1.74. The van der Waals surface area contributed by atoms with Crippen molar-refractivity contribution < 1.29 is 14.1 Å². The Morgan fingerprint density at radius 3 is 2.47 bits per heavy atom. The monoisotopic (exact) mass is 258 g/mol. The first-order valence-electron chi connectivity index (χ1n) is 4.61. The molecule has 0 spiro atoms. The Morgan fingerprint density at radius 2 is 2.07 bits per heavy atom. The minimum atomic E-state index is -2.62. The zero-order valence-corrected chi connectivity index (χ0v) is 10.4. The third kappa shape index (κ3) is 8.65. The molecule has 0 aliphatic carbocycles. The lowest BCUT2D eigenvalue weighted by Crippen LogP contribution is -2.32. The summed E-state index contributed by atoms with van der Waals surface area (Å²) in [6.45, 7) is 1.96. The molecule has 7 heteroatoms. The van der Waals surface area contributed by atoms with Gasteiger partial charge in [0.05, 0.1) is 0 Å². The Bertz CT molecular complexity index is 280. The van der Waals surface area contributed by atoms with E-state index in [0.29, 0.717) is 5.75 Å². The average Bonchev–Trinajstić information content (AvgIpc) is 2.11. The maximum absolute atomic E-state index is 11.5. The van der Waals surface area contributed by atoms with E-state index in [1.165, 1.54) is 0 Å². The summed E-state index contributed by atoms with van der Waals surface area (Å²) in [5.74, 6) is -0.674. The summed E-state index contributed by atoms with van der Waals surface area (Å²) in [5.41, 5.74) is 5.24. The Balaban J connectivity index is 0. The van der Waals surface area contributed by atoms with Gasteiger partial charge in [0.25, 0.3) is 0 Å². The van der Waals surface area contributed by atoms with Crippen LogP contribution in [-0.4, -0.2) is 32.8 Å². The van der Waals surface area contributed by atoms with Crippen LogP contribution in [0.1, 0.15) is 26.2 Å². The zero-order valence-electron chi connectivity index (χ0n) is 8.77. The molecule has 2 atom stereocenters. The summed E-state index contributed by atoms with van der Waals surface area (Å²) in [5, 5.41) is 8.48.